The summed E-state index contributed by atoms with van der Waals surface area (Å²) in [7, 11) is -3.38. The van der Waals surface area contributed by atoms with E-state index in [0.717, 1.165) is 5.56 Å². The largest absolute Gasteiger partial charge is 0.284 e. The van der Waals surface area contributed by atoms with Gasteiger partial charge in [-0.05, 0) is 17.7 Å². The fraction of sp³-hybridized carbons (Fsp3) is 0.273. The number of nitrogens with zero attached hydrogens (tertiary/aromatic N) is 3. The normalized spacial score (nSPS) is 11.4. The van der Waals surface area contributed by atoms with Crippen LogP contribution in [0, 0.1) is 0 Å². The average molecular weight is 301 g/mol. The van der Waals surface area contributed by atoms with Crippen LogP contribution >= 0.6 is 11.6 Å². The highest BCUT2D eigenvalue weighted by Gasteiger charge is 2.09. The molecular weight excluding hydrogens is 288 g/mol. The highest BCUT2D eigenvalue weighted by molar-refractivity contribution is 7.92. The lowest BCUT2D eigenvalue weighted by Crippen LogP contribution is -2.17. The maximum absolute atomic E-state index is 11.6. The molecule has 0 aliphatic heterocycles. The maximum Gasteiger partial charge on any atom is 0.233 e. The highest BCUT2D eigenvalue weighted by atomic mass is 35.5. The summed E-state index contributed by atoms with van der Waals surface area (Å²) in [5.41, 5.74) is 1.44. The second-order valence-electron chi connectivity index (χ2n) is 3.90. The second kappa shape index (κ2) is 6.03. The first-order chi connectivity index (χ1) is 9.09. The van der Waals surface area contributed by atoms with Gasteiger partial charge in [0.2, 0.25) is 10.0 Å². The van der Waals surface area contributed by atoms with Crippen molar-refractivity contribution in [1.29, 1.82) is 0 Å². The van der Waals surface area contributed by atoms with E-state index in [1.54, 1.807) is 29.2 Å². The van der Waals surface area contributed by atoms with Crippen LogP contribution in [0.3, 0.4) is 0 Å². The first-order valence-corrected chi connectivity index (χ1v) is 7.75. The van der Waals surface area contributed by atoms with Crippen molar-refractivity contribution in [3.8, 4) is 0 Å². The Labute approximate surface area is 116 Å². The summed E-state index contributed by atoms with van der Waals surface area (Å²) >= 11 is 5.44. The molecule has 0 aliphatic rings. The van der Waals surface area contributed by atoms with Crippen LogP contribution in [0.4, 0.5) is 5.69 Å². The van der Waals surface area contributed by atoms with Crippen molar-refractivity contribution in [3.63, 3.8) is 0 Å². The molecule has 0 amide bonds. The first kappa shape index (κ1) is 13.8. The molecule has 0 saturated carbocycles. The lowest BCUT2D eigenvalue weighted by Gasteiger charge is -2.08. The van der Waals surface area contributed by atoms with Crippen LogP contribution in [0.2, 0.25) is 0 Å². The number of hydrogen-bond acceptors (Lipinski definition) is 4. The van der Waals surface area contributed by atoms with E-state index in [4.69, 9.17) is 11.6 Å². The van der Waals surface area contributed by atoms with Crippen LogP contribution in [0.1, 0.15) is 5.56 Å². The molecule has 0 saturated heterocycles. The zero-order valence-electron chi connectivity index (χ0n) is 10.0. The van der Waals surface area contributed by atoms with Gasteiger partial charge >= 0.3 is 0 Å². The average Bonchev–Trinajstić information content (AvgIpc) is 2.81. The Morgan fingerprint density at radius 1 is 1.37 bits per heavy atom. The number of nitrogens with one attached hydrogen (secondary N) is 1. The number of sulfonamides is 1. The fourth-order valence-electron chi connectivity index (χ4n) is 1.57. The highest BCUT2D eigenvalue weighted by Crippen LogP contribution is 2.13. The molecule has 19 heavy (non-hydrogen) atoms. The van der Waals surface area contributed by atoms with E-state index >= 15 is 0 Å². The van der Waals surface area contributed by atoms with Crippen molar-refractivity contribution in [1.82, 2.24) is 14.8 Å². The van der Waals surface area contributed by atoms with Crippen LogP contribution in [0.5, 0.6) is 0 Å². The first-order valence-electron chi connectivity index (χ1n) is 5.57. The lowest BCUT2D eigenvalue weighted by atomic mass is 10.2. The summed E-state index contributed by atoms with van der Waals surface area (Å²) < 4.78 is 27.4. The van der Waals surface area contributed by atoms with Crippen molar-refractivity contribution in [2.24, 2.45) is 0 Å². The number of benzene rings is 1. The Hall–Kier alpha value is -1.60. The molecule has 102 valence electrons. The monoisotopic (exact) mass is 300 g/mol. The quantitative estimate of drug-likeness (QED) is 0.816. The predicted octanol–water partition coefficient (Wildman–Crippen LogP) is 1.31. The van der Waals surface area contributed by atoms with Gasteiger partial charge in [-0.1, -0.05) is 12.1 Å². The fourth-order valence-corrected chi connectivity index (χ4v) is 2.97. The molecule has 1 aromatic carbocycles. The van der Waals surface area contributed by atoms with Gasteiger partial charge in [0.05, 0.1) is 12.3 Å². The standard InChI is InChI=1S/C11H13ClN4O2S/c12-4-5-19(17,18)15-11-3-1-2-10(6-11)7-16-9-13-8-14-16/h1-3,6,8-9,15H,4-5,7H2. The molecule has 0 unspecified atom stereocenters. The zero-order valence-corrected chi connectivity index (χ0v) is 11.6. The number of alkyl halides is 1. The summed E-state index contributed by atoms with van der Waals surface area (Å²) in [5, 5.41) is 3.99. The Bertz CT molecular complexity index is 628. The van der Waals surface area contributed by atoms with Crippen molar-refractivity contribution >= 4 is 27.3 Å². The third-order valence-corrected chi connectivity index (χ3v) is 4.06. The molecular formula is C11H13ClN4O2S. The summed E-state index contributed by atoms with van der Waals surface area (Å²) in [4.78, 5) is 3.85. The van der Waals surface area contributed by atoms with E-state index in [0.29, 0.717) is 12.2 Å². The molecule has 0 fully saturated rings. The van der Waals surface area contributed by atoms with E-state index in [2.05, 4.69) is 14.8 Å². The number of halogens is 1. The van der Waals surface area contributed by atoms with Crippen molar-refractivity contribution in [3.05, 3.63) is 42.5 Å². The van der Waals surface area contributed by atoms with Crippen molar-refractivity contribution < 1.29 is 8.42 Å². The van der Waals surface area contributed by atoms with E-state index < -0.39 is 10.0 Å². The second-order valence-corrected chi connectivity index (χ2v) is 6.12. The number of aromatic nitrogens is 3. The van der Waals surface area contributed by atoms with Gasteiger partial charge in [-0.15, -0.1) is 11.6 Å². The molecule has 0 bridgehead atoms. The maximum atomic E-state index is 11.6. The van der Waals surface area contributed by atoms with Crippen LogP contribution in [0.15, 0.2) is 36.9 Å². The number of anilines is 1. The Kier molecular flexibility index (Phi) is 4.39. The van der Waals surface area contributed by atoms with Gasteiger partial charge in [0.15, 0.2) is 0 Å². The van der Waals surface area contributed by atoms with Gasteiger partial charge in [0.25, 0.3) is 0 Å². The summed E-state index contributed by atoms with van der Waals surface area (Å²) in [6, 6.07) is 7.12. The minimum atomic E-state index is -3.38. The summed E-state index contributed by atoms with van der Waals surface area (Å²) in [6.45, 7) is 0.533. The molecule has 0 aliphatic carbocycles. The van der Waals surface area contributed by atoms with Gasteiger partial charge in [-0.3, -0.25) is 4.72 Å². The number of hydrogen-bond donors (Lipinski definition) is 1. The minimum Gasteiger partial charge on any atom is -0.284 e. The Morgan fingerprint density at radius 3 is 2.89 bits per heavy atom. The summed E-state index contributed by atoms with van der Waals surface area (Å²) in [5.74, 6) is -0.0458. The van der Waals surface area contributed by atoms with Crippen LogP contribution in [-0.2, 0) is 16.6 Å². The molecule has 1 N–H and O–H groups in total. The van der Waals surface area contributed by atoms with Gasteiger partial charge in [-0.25, -0.2) is 18.1 Å². The molecule has 2 aromatic rings. The van der Waals surface area contributed by atoms with Crippen molar-refractivity contribution in [2.75, 3.05) is 16.4 Å². The van der Waals surface area contributed by atoms with Gasteiger partial charge in [0, 0.05) is 11.6 Å². The Morgan fingerprint density at radius 2 is 2.21 bits per heavy atom. The topological polar surface area (TPSA) is 76.9 Å². The zero-order chi connectivity index (χ0) is 13.7. The molecule has 2 rings (SSSR count). The summed E-state index contributed by atoms with van der Waals surface area (Å²) in [6.07, 6.45) is 3.05. The minimum absolute atomic E-state index is 0.0635. The molecule has 0 radical (unpaired) electrons. The molecule has 1 aromatic heterocycles. The van der Waals surface area contributed by atoms with Gasteiger partial charge < -0.3 is 0 Å². The molecule has 6 nitrogen and oxygen atoms in total. The number of rotatable bonds is 6. The van der Waals surface area contributed by atoms with E-state index in [1.807, 2.05) is 6.07 Å². The molecule has 1 heterocycles. The van der Waals surface area contributed by atoms with Gasteiger partial charge in [0.1, 0.15) is 12.7 Å². The molecule has 0 atom stereocenters. The van der Waals surface area contributed by atoms with Crippen molar-refractivity contribution in [2.45, 2.75) is 6.54 Å². The third kappa shape index (κ3) is 4.22. The SMILES string of the molecule is O=S(=O)(CCCl)Nc1cccc(Cn2cncn2)c1. The van der Waals surface area contributed by atoms with E-state index in [-0.39, 0.29) is 11.6 Å². The lowest BCUT2D eigenvalue weighted by molar-refractivity contribution is 0.602. The third-order valence-electron chi connectivity index (χ3n) is 2.36. The van der Waals surface area contributed by atoms with Crippen LogP contribution in [-0.4, -0.2) is 34.8 Å². The molecule has 0 spiro atoms. The van der Waals surface area contributed by atoms with Crippen LogP contribution < -0.4 is 4.72 Å². The van der Waals surface area contributed by atoms with Crippen LogP contribution in [0.25, 0.3) is 0 Å². The van der Waals surface area contributed by atoms with Gasteiger partial charge in [-0.2, -0.15) is 5.10 Å². The van der Waals surface area contributed by atoms with E-state index in [1.165, 1.54) is 6.33 Å². The smallest absolute Gasteiger partial charge is 0.233 e. The predicted molar refractivity (Wildman–Crippen MR) is 73.7 cm³/mol. The van der Waals surface area contributed by atoms with E-state index in [9.17, 15) is 8.42 Å². The Balaban J connectivity index is 2.11. The molecule has 8 heteroatoms.